The minimum absolute atomic E-state index is 0.314. The lowest BCUT2D eigenvalue weighted by molar-refractivity contribution is 0.164. The highest BCUT2D eigenvalue weighted by atomic mass is 19.1. The van der Waals surface area contributed by atoms with Crippen LogP contribution in [0.4, 0.5) is 4.39 Å². The van der Waals surface area contributed by atoms with Crippen molar-refractivity contribution in [3.05, 3.63) is 35.1 Å². The Morgan fingerprint density at radius 3 is 2.46 bits per heavy atom. The highest BCUT2D eigenvalue weighted by molar-refractivity contribution is 5.26. The van der Waals surface area contributed by atoms with Crippen LogP contribution in [0, 0.1) is 12.7 Å². The van der Waals surface area contributed by atoms with Crippen LogP contribution in [0.3, 0.4) is 0 Å². The summed E-state index contributed by atoms with van der Waals surface area (Å²) in [5.41, 5.74) is 7.10. The maximum Gasteiger partial charge on any atom is 0.123 e. The van der Waals surface area contributed by atoms with Gasteiger partial charge in [0.15, 0.2) is 0 Å². The van der Waals surface area contributed by atoms with Crippen LogP contribution >= 0.6 is 0 Å². The predicted octanol–water partition coefficient (Wildman–Crippen LogP) is 1.51. The Bertz CT molecular complexity index is 279. The third-order valence-corrected chi connectivity index (χ3v) is 1.97. The minimum atomic E-state index is -0.666. The average molecular weight is 183 g/mol. The van der Waals surface area contributed by atoms with Crippen LogP contribution in [-0.4, -0.2) is 11.2 Å². The lowest BCUT2D eigenvalue weighted by Crippen LogP contribution is -2.23. The van der Waals surface area contributed by atoms with E-state index in [2.05, 4.69) is 0 Å². The van der Waals surface area contributed by atoms with E-state index in [9.17, 15) is 9.50 Å². The molecule has 0 aromatic heterocycles. The molecule has 72 valence electrons. The van der Waals surface area contributed by atoms with E-state index in [1.54, 1.807) is 19.9 Å². The van der Waals surface area contributed by atoms with Gasteiger partial charge in [-0.05, 0) is 37.1 Å². The Kier molecular flexibility index (Phi) is 3.01. The van der Waals surface area contributed by atoms with Gasteiger partial charge in [0.2, 0.25) is 0 Å². The van der Waals surface area contributed by atoms with Gasteiger partial charge in [-0.2, -0.15) is 0 Å². The summed E-state index contributed by atoms with van der Waals surface area (Å²) in [5, 5.41) is 9.21. The van der Waals surface area contributed by atoms with Crippen LogP contribution in [0.25, 0.3) is 0 Å². The molecule has 0 bridgehead atoms. The molecule has 0 aliphatic rings. The monoisotopic (exact) mass is 183 g/mol. The van der Waals surface area contributed by atoms with E-state index < -0.39 is 12.1 Å². The zero-order valence-corrected chi connectivity index (χ0v) is 7.79. The van der Waals surface area contributed by atoms with E-state index in [1.165, 1.54) is 12.1 Å². The largest absolute Gasteiger partial charge is 0.391 e. The third kappa shape index (κ3) is 2.50. The molecule has 2 atom stereocenters. The van der Waals surface area contributed by atoms with Crippen molar-refractivity contribution in [2.45, 2.75) is 26.0 Å². The normalized spacial score (nSPS) is 15.5. The fourth-order valence-corrected chi connectivity index (χ4v) is 1.24. The average Bonchev–Trinajstić information content (AvgIpc) is 2.01. The molecule has 1 aromatic rings. The number of benzene rings is 1. The second-order valence-corrected chi connectivity index (χ2v) is 3.33. The van der Waals surface area contributed by atoms with Crippen LogP contribution in [0.5, 0.6) is 0 Å². The van der Waals surface area contributed by atoms with Gasteiger partial charge in [0.25, 0.3) is 0 Å². The summed E-state index contributed by atoms with van der Waals surface area (Å²) in [6.07, 6.45) is -0.666. The molecule has 3 heteroatoms. The van der Waals surface area contributed by atoms with Gasteiger partial charge in [0.05, 0.1) is 12.1 Å². The van der Waals surface area contributed by atoms with Gasteiger partial charge in [0, 0.05) is 0 Å². The van der Waals surface area contributed by atoms with E-state index in [0.717, 1.165) is 5.56 Å². The fourth-order valence-electron chi connectivity index (χ4n) is 1.24. The molecule has 0 radical (unpaired) electrons. The number of aryl methyl sites for hydroxylation is 1. The molecule has 0 amide bonds. The maximum absolute atomic E-state index is 12.9. The quantitative estimate of drug-likeness (QED) is 0.730. The first-order chi connectivity index (χ1) is 6.00. The highest BCUT2D eigenvalue weighted by Gasteiger charge is 2.12. The number of hydrogen-bond acceptors (Lipinski definition) is 2. The van der Waals surface area contributed by atoms with Crippen molar-refractivity contribution in [2.75, 3.05) is 0 Å². The van der Waals surface area contributed by atoms with E-state index in [0.29, 0.717) is 5.56 Å². The molecule has 0 heterocycles. The van der Waals surface area contributed by atoms with Crippen LogP contribution in [0.1, 0.15) is 24.1 Å². The van der Waals surface area contributed by atoms with Gasteiger partial charge >= 0.3 is 0 Å². The van der Waals surface area contributed by atoms with E-state index in [1.807, 2.05) is 0 Å². The lowest BCUT2D eigenvalue weighted by Gasteiger charge is -2.15. The van der Waals surface area contributed by atoms with Crippen LogP contribution in [0.2, 0.25) is 0 Å². The van der Waals surface area contributed by atoms with Crippen molar-refractivity contribution in [3.8, 4) is 0 Å². The first-order valence-electron chi connectivity index (χ1n) is 4.21. The Hall–Kier alpha value is -0.930. The van der Waals surface area contributed by atoms with Gasteiger partial charge in [0.1, 0.15) is 5.82 Å². The van der Waals surface area contributed by atoms with Crippen molar-refractivity contribution in [2.24, 2.45) is 5.73 Å². The molecule has 1 rings (SSSR count). The number of nitrogens with two attached hydrogens (primary N) is 1. The zero-order valence-electron chi connectivity index (χ0n) is 7.79. The van der Waals surface area contributed by atoms with E-state index in [4.69, 9.17) is 5.73 Å². The molecule has 1 aromatic carbocycles. The number of aliphatic hydroxyl groups is 1. The van der Waals surface area contributed by atoms with Crippen LogP contribution < -0.4 is 5.73 Å². The maximum atomic E-state index is 12.9. The molecule has 0 saturated carbocycles. The summed E-state index contributed by atoms with van der Waals surface area (Å²) in [5.74, 6) is -0.314. The Morgan fingerprint density at radius 2 is 2.00 bits per heavy atom. The van der Waals surface area contributed by atoms with Crippen molar-refractivity contribution in [3.63, 3.8) is 0 Å². The van der Waals surface area contributed by atoms with Crippen LogP contribution in [-0.2, 0) is 0 Å². The summed E-state index contributed by atoms with van der Waals surface area (Å²) < 4.78 is 12.9. The molecule has 3 N–H and O–H groups in total. The number of hydrogen-bond donors (Lipinski definition) is 2. The van der Waals surface area contributed by atoms with Crippen LogP contribution in [0.15, 0.2) is 18.2 Å². The minimum Gasteiger partial charge on any atom is -0.391 e. The topological polar surface area (TPSA) is 46.2 Å². The van der Waals surface area contributed by atoms with Gasteiger partial charge in [-0.25, -0.2) is 4.39 Å². The number of rotatable bonds is 2. The zero-order chi connectivity index (χ0) is 10.0. The summed E-state index contributed by atoms with van der Waals surface area (Å²) in [6, 6.07) is 4.04. The summed E-state index contributed by atoms with van der Waals surface area (Å²) in [6.45, 7) is 3.38. The fraction of sp³-hybridized carbons (Fsp3) is 0.400. The molecular weight excluding hydrogens is 169 g/mol. The molecule has 2 nitrogen and oxygen atoms in total. The molecule has 0 saturated heterocycles. The summed E-state index contributed by atoms with van der Waals surface area (Å²) >= 11 is 0. The molecule has 0 aliphatic carbocycles. The van der Waals surface area contributed by atoms with Crippen molar-refractivity contribution < 1.29 is 9.50 Å². The molecule has 0 spiro atoms. The summed E-state index contributed by atoms with van der Waals surface area (Å²) in [7, 11) is 0. The van der Waals surface area contributed by atoms with Gasteiger partial charge in [-0.1, -0.05) is 6.07 Å². The molecule has 1 unspecified atom stereocenters. The Balaban J connectivity index is 3.01. The lowest BCUT2D eigenvalue weighted by atomic mass is 10.0. The van der Waals surface area contributed by atoms with Crippen molar-refractivity contribution >= 4 is 0 Å². The molecule has 0 aliphatic heterocycles. The standard InChI is InChI=1S/C10H14FNO/c1-6-3-8(5-9(11)4-6)10(12)7(2)13/h3-5,7,10,13H,12H2,1-2H3/t7?,10-/m1/s1. The number of halogens is 1. The SMILES string of the molecule is Cc1cc(F)cc([C@H](N)C(C)O)c1. The molecule has 13 heavy (non-hydrogen) atoms. The van der Waals surface area contributed by atoms with Gasteiger partial charge in [-0.3, -0.25) is 0 Å². The first-order valence-corrected chi connectivity index (χ1v) is 4.21. The summed E-state index contributed by atoms with van der Waals surface area (Å²) in [4.78, 5) is 0. The Morgan fingerprint density at radius 1 is 1.38 bits per heavy atom. The highest BCUT2D eigenvalue weighted by Crippen LogP contribution is 2.17. The Labute approximate surface area is 77.2 Å². The third-order valence-electron chi connectivity index (χ3n) is 1.97. The van der Waals surface area contributed by atoms with E-state index in [-0.39, 0.29) is 5.82 Å². The first kappa shape index (κ1) is 10.2. The van der Waals surface area contributed by atoms with Gasteiger partial charge < -0.3 is 10.8 Å². The van der Waals surface area contributed by atoms with Gasteiger partial charge in [-0.15, -0.1) is 0 Å². The molecular formula is C10H14FNO. The van der Waals surface area contributed by atoms with Crippen molar-refractivity contribution in [1.82, 2.24) is 0 Å². The van der Waals surface area contributed by atoms with Crippen molar-refractivity contribution in [1.29, 1.82) is 0 Å². The number of aliphatic hydroxyl groups excluding tert-OH is 1. The van der Waals surface area contributed by atoms with E-state index >= 15 is 0 Å². The second kappa shape index (κ2) is 3.85. The second-order valence-electron chi connectivity index (χ2n) is 3.33. The smallest absolute Gasteiger partial charge is 0.123 e. The molecule has 0 fully saturated rings. The predicted molar refractivity (Wildman–Crippen MR) is 49.7 cm³/mol.